The summed E-state index contributed by atoms with van der Waals surface area (Å²) in [5.41, 5.74) is 2.28. The first kappa shape index (κ1) is 17.5. The molecule has 0 saturated heterocycles. The summed E-state index contributed by atoms with van der Waals surface area (Å²) in [6, 6.07) is 6.17. The van der Waals surface area contributed by atoms with Crippen LogP contribution < -0.4 is 15.4 Å². The van der Waals surface area contributed by atoms with Gasteiger partial charge in [-0.25, -0.2) is 0 Å². The molecule has 21 heavy (non-hydrogen) atoms. The van der Waals surface area contributed by atoms with E-state index < -0.39 is 6.10 Å². The summed E-state index contributed by atoms with van der Waals surface area (Å²) in [5.74, 6) is 0.689. The van der Waals surface area contributed by atoms with Crippen LogP contribution in [0.5, 0.6) is 5.75 Å². The number of benzene rings is 1. The second-order valence-electron chi connectivity index (χ2n) is 5.71. The van der Waals surface area contributed by atoms with Crippen molar-refractivity contribution in [2.75, 3.05) is 6.54 Å². The molecule has 0 aliphatic carbocycles. The minimum Gasteiger partial charge on any atom is -0.481 e. The van der Waals surface area contributed by atoms with Crippen LogP contribution in [0.3, 0.4) is 0 Å². The zero-order chi connectivity index (χ0) is 15.8. The molecule has 4 nitrogen and oxygen atoms in total. The Kier molecular flexibility index (Phi) is 7.23. The smallest absolute Gasteiger partial charge is 0.260 e. The summed E-state index contributed by atoms with van der Waals surface area (Å²) < 4.78 is 5.84. The number of rotatable bonds is 8. The first-order chi connectivity index (χ1) is 9.93. The van der Waals surface area contributed by atoms with Crippen LogP contribution in [0.1, 0.15) is 45.2 Å². The van der Waals surface area contributed by atoms with Gasteiger partial charge >= 0.3 is 0 Å². The number of hydrogen-bond acceptors (Lipinski definition) is 3. The molecule has 2 N–H and O–H groups in total. The number of carbonyl (C=O) groups excluding carboxylic acids is 1. The fourth-order valence-corrected chi connectivity index (χ4v) is 2.01. The predicted octanol–water partition coefficient (Wildman–Crippen LogP) is 2.79. The Hall–Kier alpha value is -1.55. The van der Waals surface area contributed by atoms with Gasteiger partial charge in [-0.1, -0.05) is 24.6 Å². The molecule has 0 spiro atoms. The zero-order valence-electron chi connectivity index (χ0n) is 13.8. The van der Waals surface area contributed by atoms with Crippen molar-refractivity contribution in [3.05, 3.63) is 29.3 Å². The zero-order valence-corrected chi connectivity index (χ0v) is 13.8. The highest BCUT2D eigenvalue weighted by Gasteiger charge is 2.16. The lowest BCUT2D eigenvalue weighted by molar-refractivity contribution is -0.127. The van der Waals surface area contributed by atoms with Crippen molar-refractivity contribution in [1.82, 2.24) is 10.6 Å². The molecule has 0 saturated carbocycles. The van der Waals surface area contributed by atoms with Gasteiger partial charge in [0.2, 0.25) is 0 Å². The van der Waals surface area contributed by atoms with E-state index in [1.807, 2.05) is 26.0 Å². The number of nitrogens with one attached hydrogen (secondary N) is 2. The number of hydrogen-bond donors (Lipinski definition) is 2. The highest BCUT2D eigenvalue weighted by atomic mass is 16.5. The normalized spacial score (nSPS) is 12.3. The molecule has 0 fully saturated rings. The van der Waals surface area contributed by atoms with Crippen LogP contribution in [0.2, 0.25) is 0 Å². The highest BCUT2D eigenvalue weighted by Crippen LogP contribution is 2.21. The largest absolute Gasteiger partial charge is 0.481 e. The van der Waals surface area contributed by atoms with Crippen molar-refractivity contribution in [2.45, 2.75) is 59.7 Å². The maximum Gasteiger partial charge on any atom is 0.260 e. The lowest BCUT2D eigenvalue weighted by Gasteiger charge is -2.19. The van der Waals surface area contributed by atoms with Crippen LogP contribution in [0.25, 0.3) is 0 Å². The summed E-state index contributed by atoms with van der Waals surface area (Å²) in [7, 11) is 0. The van der Waals surface area contributed by atoms with E-state index in [0.717, 1.165) is 30.8 Å². The molecule has 0 bridgehead atoms. The fourth-order valence-electron chi connectivity index (χ4n) is 2.01. The van der Waals surface area contributed by atoms with E-state index in [0.29, 0.717) is 0 Å². The molecule has 0 heterocycles. The average Bonchev–Trinajstić information content (AvgIpc) is 2.41. The maximum absolute atomic E-state index is 11.9. The van der Waals surface area contributed by atoms with Crippen molar-refractivity contribution >= 4 is 5.91 Å². The molecule has 0 aliphatic rings. The highest BCUT2D eigenvalue weighted by molar-refractivity contribution is 5.80. The average molecular weight is 292 g/mol. The summed E-state index contributed by atoms with van der Waals surface area (Å²) in [6.07, 6.45) is 0.592. The summed E-state index contributed by atoms with van der Waals surface area (Å²) >= 11 is 0. The molecule has 0 aliphatic heterocycles. The second kappa shape index (κ2) is 8.67. The Bertz CT molecular complexity index is 458. The van der Waals surface area contributed by atoms with E-state index in [2.05, 4.69) is 30.5 Å². The molecule has 0 aromatic heterocycles. The molecule has 4 heteroatoms. The molecule has 1 aromatic rings. The van der Waals surface area contributed by atoms with E-state index >= 15 is 0 Å². The monoisotopic (exact) mass is 292 g/mol. The SMILES string of the molecule is CCCNCc1cc(C)ccc1OC(C)C(=O)NC(C)C. The Morgan fingerprint density at radius 2 is 2.00 bits per heavy atom. The Labute approximate surface area is 128 Å². The molecule has 118 valence electrons. The van der Waals surface area contributed by atoms with Gasteiger partial charge in [0.1, 0.15) is 5.75 Å². The number of amides is 1. The molecule has 0 radical (unpaired) electrons. The van der Waals surface area contributed by atoms with E-state index in [4.69, 9.17) is 4.74 Å². The predicted molar refractivity (Wildman–Crippen MR) is 86.5 cm³/mol. The molecule has 1 amide bonds. The Morgan fingerprint density at radius 1 is 1.29 bits per heavy atom. The summed E-state index contributed by atoms with van der Waals surface area (Å²) in [5, 5.41) is 6.24. The van der Waals surface area contributed by atoms with E-state index in [1.165, 1.54) is 5.56 Å². The summed E-state index contributed by atoms with van der Waals surface area (Å²) in [6.45, 7) is 11.6. The topological polar surface area (TPSA) is 50.4 Å². The second-order valence-corrected chi connectivity index (χ2v) is 5.71. The Balaban J connectivity index is 2.74. The van der Waals surface area contributed by atoms with E-state index in [-0.39, 0.29) is 11.9 Å². The Morgan fingerprint density at radius 3 is 2.62 bits per heavy atom. The van der Waals surface area contributed by atoms with Crippen LogP contribution in [-0.4, -0.2) is 24.6 Å². The van der Waals surface area contributed by atoms with Gasteiger partial charge in [0, 0.05) is 18.2 Å². The van der Waals surface area contributed by atoms with Gasteiger partial charge in [0.25, 0.3) is 5.91 Å². The van der Waals surface area contributed by atoms with Gasteiger partial charge < -0.3 is 15.4 Å². The minimum atomic E-state index is -0.500. The van der Waals surface area contributed by atoms with Crippen LogP contribution in [0, 0.1) is 6.92 Å². The van der Waals surface area contributed by atoms with Crippen LogP contribution >= 0.6 is 0 Å². The van der Waals surface area contributed by atoms with Crippen molar-refractivity contribution in [3.63, 3.8) is 0 Å². The first-order valence-electron chi connectivity index (χ1n) is 7.71. The fraction of sp³-hybridized carbons (Fsp3) is 0.588. The molecular formula is C17H28N2O2. The van der Waals surface area contributed by atoms with Crippen molar-refractivity contribution in [1.29, 1.82) is 0 Å². The van der Waals surface area contributed by atoms with Gasteiger partial charge in [-0.2, -0.15) is 0 Å². The van der Waals surface area contributed by atoms with Crippen molar-refractivity contribution in [2.24, 2.45) is 0 Å². The minimum absolute atomic E-state index is 0.0851. The molecule has 1 rings (SSSR count). The quantitative estimate of drug-likeness (QED) is 0.724. The van der Waals surface area contributed by atoms with E-state index in [1.54, 1.807) is 6.92 Å². The first-order valence-corrected chi connectivity index (χ1v) is 7.71. The molecule has 1 unspecified atom stereocenters. The lowest BCUT2D eigenvalue weighted by Crippen LogP contribution is -2.40. The van der Waals surface area contributed by atoms with Gasteiger partial charge in [-0.15, -0.1) is 0 Å². The van der Waals surface area contributed by atoms with Gasteiger partial charge in [-0.3, -0.25) is 4.79 Å². The van der Waals surface area contributed by atoms with Crippen LogP contribution in [0.4, 0.5) is 0 Å². The van der Waals surface area contributed by atoms with E-state index in [9.17, 15) is 4.79 Å². The molecular weight excluding hydrogens is 264 g/mol. The number of aryl methyl sites for hydroxylation is 1. The molecule has 1 atom stereocenters. The van der Waals surface area contributed by atoms with Crippen LogP contribution in [0.15, 0.2) is 18.2 Å². The maximum atomic E-state index is 11.9. The number of ether oxygens (including phenoxy) is 1. The van der Waals surface area contributed by atoms with Crippen LogP contribution in [-0.2, 0) is 11.3 Å². The lowest BCUT2D eigenvalue weighted by atomic mass is 10.1. The van der Waals surface area contributed by atoms with Gasteiger partial charge in [0.15, 0.2) is 6.10 Å². The molecule has 1 aromatic carbocycles. The van der Waals surface area contributed by atoms with Crippen molar-refractivity contribution < 1.29 is 9.53 Å². The third-order valence-corrected chi connectivity index (χ3v) is 3.06. The van der Waals surface area contributed by atoms with Gasteiger partial charge in [0.05, 0.1) is 0 Å². The third-order valence-electron chi connectivity index (χ3n) is 3.06. The third kappa shape index (κ3) is 6.17. The van der Waals surface area contributed by atoms with Gasteiger partial charge in [-0.05, 0) is 46.7 Å². The van der Waals surface area contributed by atoms with Crippen molar-refractivity contribution in [3.8, 4) is 5.75 Å². The standard InChI is InChI=1S/C17H28N2O2/c1-6-9-18-11-15-10-13(4)7-8-16(15)21-14(5)17(20)19-12(2)3/h7-8,10,12,14,18H,6,9,11H2,1-5H3,(H,19,20). The summed E-state index contributed by atoms with van der Waals surface area (Å²) in [4.78, 5) is 11.9. The number of carbonyl (C=O) groups is 1.